The Kier molecular flexibility index (Phi) is 6.36. The van der Waals surface area contributed by atoms with E-state index >= 15 is 0 Å². The smallest absolute Gasteiger partial charge is 0.180 e. The summed E-state index contributed by atoms with van der Waals surface area (Å²) in [7, 11) is 0. The van der Waals surface area contributed by atoms with Gasteiger partial charge in [0.05, 0.1) is 0 Å². The first kappa shape index (κ1) is 22.7. The first-order valence-corrected chi connectivity index (χ1v) is 12.6. The molecule has 2 atom stereocenters. The van der Waals surface area contributed by atoms with Crippen LogP contribution in [0.3, 0.4) is 0 Å². The number of anilines is 2. The molecular weight excluding hydrogens is 448 g/mol. The van der Waals surface area contributed by atoms with Crippen LogP contribution in [-0.4, -0.2) is 55.0 Å². The Labute approximate surface area is 211 Å². The molecular formula is C28H30N8. The molecule has 2 unspecified atom stereocenters. The number of nitrogens with one attached hydrogen (secondary N) is 2. The fourth-order valence-corrected chi connectivity index (χ4v) is 5.26. The molecule has 2 aliphatic heterocycles. The van der Waals surface area contributed by atoms with Crippen molar-refractivity contribution in [1.82, 2.24) is 35.1 Å². The lowest BCUT2D eigenvalue weighted by Gasteiger charge is -2.35. The number of nitrogens with zero attached hydrogens (tertiary/aromatic N) is 6. The molecule has 6 rings (SSSR count). The highest BCUT2D eigenvalue weighted by atomic mass is 15.3. The van der Waals surface area contributed by atoms with Gasteiger partial charge in [0.2, 0.25) is 0 Å². The van der Waals surface area contributed by atoms with Gasteiger partial charge in [0.25, 0.3) is 0 Å². The topological polar surface area (TPSA) is 91.8 Å². The summed E-state index contributed by atoms with van der Waals surface area (Å²) in [4.78, 5) is 25.5. The van der Waals surface area contributed by atoms with Gasteiger partial charge in [-0.05, 0) is 55.2 Å². The Hall–Kier alpha value is -3.75. The molecule has 1 aromatic carbocycles. The molecule has 3 aromatic heterocycles. The summed E-state index contributed by atoms with van der Waals surface area (Å²) in [6.07, 6.45) is 6.81. The lowest BCUT2D eigenvalue weighted by Crippen LogP contribution is -2.51. The summed E-state index contributed by atoms with van der Waals surface area (Å²) in [5.74, 6) is 2.72. The van der Waals surface area contributed by atoms with Gasteiger partial charge in [0.15, 0.2) is 5.82 Å². The monoisotopic (exact) mass is 478 g/mol. The average molecular weight is 479 g/mol. The maximum atomic E-state index is 4.74. The van der Waals surface area contributed by atoms with Crippen LogP contribution < -0.4 is 10.6 Å². The number of piperazine rings is 1. The molecule has 0 spiro atoms. The molecule has 36 heavy (non-hydrogen) atoms. The standard InChI is InChI=1S/C28H30N8/c1-19-4-2-7-24(32-19)28-31-13-11-26(35-28)33-25-10-12-30-27(34-25)15-20-5-3-6-21(14-20)18-36-22-8-9-23(36)17-29-16-22/h2-7,10-14,22-23,29H,8-9,15-18H2,1H3,(H,30,31,33,34,35). The third-order valence-corrected chi connectivity index (χ3v) is 6.98. The predicted octanol–water partition coefficient (Wildman–Crippen LogP) is 3.91. The molecule has 5 heterocycles. The minimum atomic E-state index is 0.577. The second-order valence-electron chi connectivity index (χ2n) is 9.63. The highest BCUT2D eigenvalue weighted by Crippen LogP contribution is 2.28. The fraction of sp³-hybridized carbons (Fsp3) is 0.321. The van der Waals surface area contributed by atoms with Crippen LogP contribution >= 0.6 is 0 Å². The summed E-state index contributed by atoms with van der Waals surface area (Å²) in [6.45, 7) is 5.19. The van der Waals surface area contributed by atoms with Gasteiger partial charge in [0, 0.05) is 56.2 Å². The van der Waals surface area contributed by atoms with Crippen molar-refractivity contribution in [2.45, 2.75) is 44.8 Å². The average Bonchev–Trinajstić information content (AvgIpc) is 3.09. The second kappa shape index (κ2) is 10.1. The van der Waals surface area contributed by atoms with Gasteiger partial charge in [-0.2, -0.15) is 0 Å². The third kappa shape index (κ3) is 5.10. The number of rotatable bonds is 7. The number of benzene rings is 1. The normalized spacial score (nSPS) is 19.4. The van der Waals surface area contributed by atoms with Crippen LogP contribution in [0, 0.1) is 6.92 Å². The fourth-order valence-electron chi connectivity index (χ4n) is 5.26. The van der Waals surface area contributed by atoms with Crippen molar-refractivity contribution in [2.75, 3.05) is 18.4 Å². The van der Waals surface area contributed by atoms with Crippen molar-refractivity contribution < 1.29 is 0 Å². The molecule has 2 N–H and O–H groups in total. The molecule has 2 fully saturated rings. The first-order chi connectivity index (χ1) is 17.7. The largest absolute Gasteiger partial charge is 0.325 e. The first-order valence-electron chi connectivity index (χ1n) is 12.6. The Bertz CT molecular complexity index is 1340. The molecule has 0 saturated carbocycles. The Morgan fingerprint density at radius 1 is 0.861 bits per heavy atom. The van der Waals surface area contributed by atoms with E-state index in [1.807, 2.05) is 37.3 Å². The van der Waals surface area contributed by atoms with Crippen molar-refractivity contribution in [3.63, 3.8) is 0 Å². The molecule has 2 saturated heterocycles. The van der Waals surface area contributed by atoms with Gasteiger partial charge in [-0.3, -0.25) is 4.90 Å². The number of aromatic nitrogens is 5. The SMILES string of the molecule is Cc1cccc(-c2nccc(Nc3ccnc(Cc4cccc(CN5C6CCC5CNC6)c4)n3)n2)n1. The zero-order valence-electron chi connectivity index (χ0n) is 20.4. The second-order valence-corrected chi connectivity index (χ2v) is 9.63. The predicted molar refractivity (Wildman–Crippen MR) is 140 cm³/mol. The van der Waals surface area contributed by atoms with E-state index in [-0.39, 0.29) is 0 Å². The summed E-state index contributed by atoms with van der Waals surface area (Å²) in [5.41, 5.74) is 4.26. The van der Waals surface area contributed by atoms with Gasteiger partial charge in [0.1, 0.15) is 23.2 Å². The van der Waals surface area contributed by atoms with Gasteiger partial charge >= 0.3 is 0 Å². The van der Waals surface area contributed by atoms with Gasteiger partial charge in [-0.25, -0.2) is 24.9 Å². The lowest BCUT2D eigenvalue weighted by atomic mass is 10.1. The molecule has 182 valence electrons. The van der Waals surface area contributed by atoms with E-state index in [4.69, 9.17) is 4.98 Å². The number of hydrogen-bond donors (Lipinski definition) is 2. The van der Waals surface area contributed by atoms with Crippen molar-refractivity contribution >= 4 is 11.6 Å². The van der Waals surface area contributed by atoms with Gasteiger partial charge in [-0.15, -0.1) is 0 Å². The van der Waals surface area contributed by atoms with E-state index in [0.29, 0.717) is 36.0 Å². The molecule has 0 amide bonds. The molecule has 0 aliphatic carbocycles. The molecule has 0 radical (unpaired) electrons. The van der Waals surface area contributed by atoms with E-state index in [0.717, 1.165) is 36.8 Å². The molecule has 8 heteroatoms. The van der Waals surface area contributed by atoms with Crippen LogP contribution in [0.25, 0.3) is 11.5 Å². The highest BCUT2D eigenvalue weighted by Gasteiger charge is 2.36. The van der Waals surface area contributed by atoms with E-state index in [1.54, 1.807) is 12.4 Å². The minimum Gasteiger partial charge on any atom is -0.325 e. The Morgan fingerprint density at radius 3 is 2.44 bits per heavy atom. The third-order valence-electron chi connectivity index (χ3n) is 6.98. The lowest BCUT2D eigenvalue weighted by molar-refractivity contribution is 0.145. The summed E-state index contributed by atoms with van der Waals surface area (Å²) in [5, 5.41) is 6.86. The van der Waals surface area contributed by atoms with Gasteiger partial charge < -0.3 is 10.6 Å². The summed E-state index contributed by atoms with van der Waals surface area (Å²) >= 11 is 0. The van der Waals surface area contributed by atoms with Crippen LogP contribution in [0.15, 0.2) is 67.0 Å². The quantitative estimate of drug-likeness (QED) is 0.413. The maximum Gasteiger partial charge on any atom is 0.180 e. The minimum absolute atomic E-state index is 0.577. The van der Waals surface area contributed by atoms with E-state index < -0.39 is 0 Å². The van der Waals surface area contributed by atoms with Crippen LogP contribution in [0.5, 0.6) is 0 Å². The summed E-state index contributed by atoms with van der Waals surface area (Å²) in [6, 6.07) is 19.7. The van der Waals surface area contributed by atoms with Crippen molar-refractivity contribution in [3.05, 3.63) is 89.6 Å². The zero-order chi connectivity index (χ0) is 24.3. The number of fused-ring (bicyclic) bond motifs is 2. The van der Waals surface area contributed by atoms with Crippen LogP contribution in [-0.2, 0) is 13.0 Å². The van der Waals surface area contributed by atoms with Crippen LogP contribution in [0.1, 0.15) is 35.5 Å². The highest BCUT2D eigenvalue weighted by molar-refractivity contribution is 5.56. The van der Waals surface area contributed by atoms with Crippen molar-refractivity contribution in [1.29, 1.82) is 0 Å². The number of hydrogen-bond acceptors (Lipinski definition) is 8. The maximum absolute atomic E-state index is 4.74. The van der Waals surface area contributed by atoms with Gasteiger partial charge in [-0.1, -0.05) is 30.3 Å². The van der Waals surface area contributed by atoms with E-state index in [9.17, 15) is 0 Å². The Balaban J connectivity index is 1.14. The summed E-state index contributed by atoms with van der Waals surface area (Å²) < 4.78 is 0. The Morgan fingerprint density at radius 2 is 1.61 bits per heavy atom. The molecule has 2 bridgehead atoms. The number of aryl methyl sites for hydroxylation is 1. The van der Waals surface area contributed by atoms with E-state index in [1.165, 1.54) is 24.0 Å². The van der Waals surface area contributed by atoms with Crippen LogP contribution in [0.2, 0.25) is 0 Å². The van der Waals surface area contributed by atoms with E-state index in [2.05, 4.69) is 59.7 Å². The molecule has 8 nitrogen and oxygen atoms in total. The molecule has 4 aromatic rings. The number of pyridine rings is 1. The van der Waals surface area contributed by atoms with Crippen molar-refractivity contribution in [3.8, 4) is 11.5 Å². The zero-order valence-corrected chi connectivity index (χ0v) is 20.4. The van der Waals surface area contributed by atoms with Crippen LogP contribution in [0.4, 0.5) is 11.6 Å². The molecule has 2 aliphatic rings. The van der Waals surface area contributed by atoms with Crippen molar-refractivity contribution in [2.24, 2.45) is 0 Å².